The molecule has 1 aromatic carbocycles. The Hall–Kier alpha value is -2.74. The van der Waals surface area contributed by atoms with Crippen molar-refractivity contribution in [2.45, 2.75) is 6.92 Å². The zero-order valence-electron chi connectivity index (χ0n) is 12.4. The fourth-order valence-corrected chi connectivity index (χ4v) is 3.41. The molecule has 3 heterocycles. The number of hydrogen-bond donors (Lipinski definition) is 3. The number of nitrogens with two attached hydrogens (primary N) is 1. The van der Waals surface area contributed by atoms with Gasteiger partial charge in [-0.05, 0) is 46.1 Å². The minimum absolute atomic E-state index is 0.0293. The molecule has 0 saturated carbocycles. The second kappa shape index (κ2) is 5.13. The van der Waals surface area contributed by atoms with Crippen LogP contribution in [0.25, 0.3) is 33.1 Å². The summed E-state index contributed by atoms with van der Waals surface area (Å²) in [6.45, 7) is 1.86. The van der Waals surface area contributed by atoms with E-state index in [0.717, 1.165) is 5.56 Å². The number of aromatic nitrogens is 4. The molecule has 0 amide bonds. The van der Waals surface area contributed by atoms with E-state index in [9.17, 15) is 9.18 Å². The number of nitrogen functional groups attached to an aromatic ring is 1. The maximum Gasteiger partial charge on any atom is 0.272 e. The van der Waals surface area contributed by atoms with E-state index in [4.69, 9.17) is 5.73 Å². The molecule has 4 aromatic rings. The van der Waals surface area contributed by atoms with Gasteiger partial charge in [0, 0.05) is 10.9 Å². The standard InChI is InChI=1S/C16H11BrFN5O/c1-6-4-10(17)21-15-11(12(19)16(24)22-13(6)15)7-2-3-9(18)14-8(7)5-20-23-14/h2-5H,19H2,1H3,(H,20,23)(H,22,24). The third kappa shape index (κ3) is 2.03. The first-order valence-corrected chi connectivity index (χ1v) is 7.87. The maximum absolute atomic E-state index is 13.9. The van der Waals surface area contributed by atoms with Gasteiger partial charge in [0.25, 0.3) is 5.56 Å². The molecule has 0 saturated heterocycles. The average molecular weight is 388 g/mol. The third-order valence-corrected chi connectivity index (χ3v) is 4.41. The first kappa shape index (κ1) is 14.8. The lowest BCUT2D eigenvalue weighted by atomic mass is 9.98. The summed E-state index contributed by atoms with van der Waals surface area (Å²) < 4.78 is 14.6. The second-order valence-corrected chi connectivity index (χ2v) is 6.29. The van der Waals surface area contributed by atoms with Crippen molar-refractivity contribution in [2.24, 2.45) is 0 Å². The summed E-state index contributed by atoms with van der Waals surface area (Å²) in [6, 6.07) is 4.69. The highest BCUT2D eigenvalue weighted by molar-refractivity contribution is 9.10. The monoisotopic (exact) mass is 387 g/mol. The molecular formula is C16H11BrFN5O. The number of nitrogens with one attached hydrogen (secondary N) is 2. The number of hydrogen-bond acceptors (Lipinski definition) is 4. The fraction of sp³-hybridized carbons (Fsp3) is 0.0625. The molecule has 0 radical (unpaired) electrons. The van der Waals surface area contributed by atoms with Crippen molar-refractivity contribution in [1.82, 2.24) is 20.2 Å². The largest absolute Gasteiger partial charge is 0.394 e. The molecule has 0 aliphatic carbocycles. The molecular weight excluding hydrogens is 377 g/mol. The average Bonchev–Trinajstić information content (AvgIpc) is 3.02. The van der Waals surface area contributed by atoms with E-state index in [0.29, 0.717) is 32.1 Å². The smallest absolute Gasteiger partial charge is 0.272 e. The van der Waals surface area contributed by atoms with Gasteiger partial charge in [-0.2, -0.15) is 5.10 Å². The first-order chi connectivity index (χ1) is 11.5. The van der Waals surface area contributed by atoms with Gasteiger partial charge >= 0.3 is 0 Å². The molecule has 8 heteroatoms. The highest BCUT2D eigenvalue weighted by atomic mass is 79.9. The Bertz CT molecular complexity index is 1180. The Kier molecular flexibility index (Phi) is 3.17. The van der Waals surface area contributed by atoms with Gasteiger partial charge in [-0.25, -0.2) is 9.37 Å². The van der Waals surface area contributed by atoms with Gasteiger partial charge in [0.1, 0.15) is 21.6 Å². The molecule has 120 valence electrons. The summed E-state index contributed by atoms with van der Waals surface area (Å²) in [5.74, 6) is -0.427. The van der Waals surface area contributed by atoms with Crippen molar-refractivity contribution in [3.05, 3.63) is 50.7 Å². The van der Waals surface area contributed by atoms with Gasteiger partial charge in [-0.15, -0.1) is 0 Å². The minimum Gasteiger partial charge on any atom is -0.394 e. The molecule has 24 heavy (non-hydrogen) atoms. The number of pyridine rings is 2. The molecule has 0 atom stereocenters. The number of rotatable bonds is 1. The Morgan fingerprint density at radius 1 is 1.29 bits per heavy atom. The molecule has 0 fully saturated rings. The summed E-state index contributed by atoms with van der Waals surface area (Å²) in [6.07, 6.45) is 1.51. The van der Waals surface area contributed by atoms with Crippen molar-refractivity contribution in [1.29, 1.82) is 0 Å². The summed E-state index contributed by atoms with van der Waals surface area (Å²) in [5.41, 5.74) is 8.96. The van der Waals surface area contributed by atoms with Crippen molar-refractivity contribution in [2.75, 3.05) is 5.73 Å². The molecule has 0 unspecified atom stereocenters. The van der Waals surface area contributed by atoms with Crippen LogP contribution < -0.4 is 11.3 Å². The number of fused-ring (bicyclic) bond motifs is 2. The van der Waals surface area contributed by atoms with E-state index >= 15 is 0 Å². The van der Waals surface area contributed by atoms with Crippen molar-refractivity contribution in [3.8, 4) is 11.1 Å². The molecule has 0 bridgehead atoms. The third-order valence-electron chi connectivity index (χ3n) is 4.01. The van der Waals surface area contributed by atoms with Crippen LogP contribution in [0.2, 0.25) is 0 Å². The normalized spacial score (nSPS) is 11.5. The molecule has 3 aromatic heterocycles. The van der Waals surface area contributed by atoms with Crippen LogP contribution in [0.5, 0.6) is 0 Å². The van der Waals surface area contributed by atoms with E-state index in [1.165, 1.54) is 12.3 Å². The lowest BCUT2D eigenvalue weighted by molar-refractivity contribution is 0.636. The predicted octanol–water partition coefficient (Wildman–Crippen LogP) is 3.26. The summed E-state index contributed by atoms with van der Waals surface area (Å²) >= 11 is 3.36. The van der Waals surface area contributed by atoms with Gasteiger partial charge in [-0.3, -0.25) is 9.89 Å². The molecule has 0 spiro atoms. The van der Waals surface area contributed by atoms with Crippen LogP contribution in [0.4, 0.5) is 10.1 Å². The van der Waals surface area contributed by atoms with Crippen LogP contribution in [0.15, 0.2) is 33.8 Å². The zero-order valence-corrected chi connectivity index (χ0v) is 14.0. The number of benzene rings is 1. The lowest BCUT2D eigenvalue weighted by Gasteiger charge is -2.12. The molecule has 0 aliphatic rings. The van der Waals surface area contributed by atoms with Crippen molar-refractivity contribution in [3.63, 3.8) is 0 Å². The number of anilines is 1. The van der Waals surface area contributed by atoms with E-state index in [1.54, 1.807) is 12.1 Å². The highest BCUT2D eigenvalue weighted by Gasteiger charge is 2.19. The first-order valence-electron chi connectivity index (χ1n) is 7.08. The van der Waals surface area contributed by atoms with Gasteiger partial charge in [0.05, 0.1) is 17.2 Å². The number of H-pyrrole nitrogens is 2. The van der Waals surface area contributed by atoms with Gasteiger partial charge in [0.15, 0.2) is 0 Å². The Morgan fingerprint density at radius 3 is 2.88 bits per heavy atom. The van der Waals surface area contributed by atoms with Crippen LogP contribution in [0.3, 0.4) is 0 Å². The highest BCUT2D eigenvalue weighted by Crippen LogP contribution is 2.36. The van der Waals surface area contributed by atoms with Crippen LogP contribution in [0, 0.1) is 12.7 Å². The Balaban J connectivity index is 2.24. The summed E-state index contributed by atoms with van der Waals surface area (Å²) in [5, 5.41) is 7.05. The molecule has 4 rings (SSSR count). The van der Waals surface area contributed by atoms with E-state index in [-0.39, 0.29) is 11.2 Å². The van der Waals surface area contributed by atoms with Gasteiger partial charge in [0.2, 0.25) is 0 Å². The number of halogens is 2. The predicted molar refractivity (Wildman–Crippen MR) is 94.3 cm³/mol. The Morgan fingerprint density at radius 2 is 2.08 bits per heavy atom. The SMILES string of the molecule is Cc1cc(Br)nc2c(-c3ccc(F)c4[nH]ncc34)c(N)c(=O)[nH]c12. The fourth-order valence-electron chi connectivity index (χ4n) is 2.89. The van der Waals surface area contributed by atoms with Crippen LogP contribution in [-0.2, 0) is 0 Å². The maximum atomic E-state index is 13.9. The number of aryl methyl sites for hydroxylation is 1. The molecule has 4 N–H and O–H groups in total. The molecule has 0 aliphatic heterocycles. The van der Waals surface area contributed by atoms with E-state index < -0.39 is 11.4 Å². The van der Waals surface area contributed by atoms with Crippen LogP contribution in [-0.4, -0.2) is 20.2 Å². The van der Waals surface area contributed by atoms with Crippen LogP contribution in [0.1, 0.15) is 5.56 Å². The molecule has 6 nitrogen and oxygen atoms in total. The van der Waals surface area contributed by atoms with E-state index in [2.05, 4.69) is 36.1 Å². The van der Waals surface area contributed by atoms with Crippen LogP contribution >= 0.6 is 15.9 Å². The lowest BCUT2D eigenvalue weighted by Crippen LogP contribution is -2.14. The number of nitrogens with zero attached hydrogens (tertiary/aromatic N) is 2. The summed E-state index contributed by atoms with van der Waals surface area (Å²) in [4.78, 5) is 19.5. The topological polar surface area (TPSA) is 100 Å². The van der Waals surface area contributed by atoms with E-state index in [1.807, 2.05) is 6.92 Å². The van der Waals surface area contributed by atoms with Crippen molar-refractivity contribution < 1.29 is 4.39 Å². The van der Waals surface area contributed by atoms with Gasteiger partial charge in [-0.1, -0.05) is 6.07 Å². The quantitative estimate of drug-likeness (QED) is 0.436. The minimum atomic E-state index is -0.427. The Labute approximate surface area is 143 Å². The van der Waals surface area contributed by atoms with Crippen molar-refractivity contribution >= 4 is 43.6 Å². The second-order valence-electron chi connectivity index (χ2n) is 5.48. The zero-order chi connectivity index (χ0) is 17.0. The summed E-state index contributed by atoms with van der Waals surface area (Å²) in [7, 11) is 0. The number of aromatic amines is 2. The van der Waals surface area contributed by atoms with Gasteiger partial charge < -0.3 is 10.7 Å².